The topological polar surface area (TPSA) is 67.4 Å². The van der Waals surface area contributed by atoms with Gasteiger partial charge in [-0.1, -0.05) is 52.3 Å². The number of hydrogen-bond acceptors (Lipinski definition) is 3. The van der Waals surface area contributed by atoms with Crippen LogP contribution in [0.4, 0.5) is 5.69 Å². The summed E-state index contributed by atoms with van der Waals surface area (Å²) in [4.78, 5) is 23.6. The van der Waals surface area contributed by atoms with Crippen LogP contribution in [0.3, 0.4) is 0 Å². The van der Waals surface area contributed by atoms with Crippen molar-refractivity contribution in [3.63, 3.8) is 0 Å². The summed E-state index contributed by atoms with van der Waals surface area (Å²) in [6.07, 6.45) is 0. The van der Waals surface area contributed by atoms with E-state index in [9.17, 15) is 9.59 Å². The van der Waals surface area contributed by atoms with E-state index in [-0.39, 0.29) is 31.1 Å². The van der Waals surface area contributed by atoms with Crippen LogP contribution >= 0.6 is 15.9 Å². The van der Waals surface area contributed by atoms with Crippen LogP contribution < -0.4 is 10.6 Å². The van der Waals surface area contributed by atoms with E-state index < -0.39 is 0 Å². The lowest BCUT2D eigenvalue weighted by Crippen LogP contribution is -2.31. The summed E-state index contributed by atoms with van der Waals surface area (Å²) in [5.41, 5.74) is 1.68. The van der Waals surface area contributed by atoms with Crippen molar-refractivity contribution in [3.05, 3.63) is 64.6 Å². The van der Waals surface area contributed by atoms with Crippen molar-refractivity contribution in [3.8, 4) is 0 Å². The molecule has 0 aliphatic heterocycles. The van der Waals surface area contributed by atoms with E-state index >= 15 is 0 Å². The zero-order chi connectivity index (χ0) is 17.4. The number of carbonyl (C=O) groups is 2. The smallest absolute Gasteiger partial charge is 0.250 e. The minimum Gasteiger partial charge on any atom is -0.362 e. The molecule has 5 nitrogen and oxygen atoms in total. The maximum atomic E-state index is 11.8. The number of amides is 2. The van der Waals surface area contributed by atoms with Crippen LogP contribution in [-0.4, -0.2) is 25.0 Å². The van der Waals surface area contributed by atoms with Crippen LogP contribution in [0.2, 0.25) is 0 Å². The van der Waals surface area contributed by atoms with Gasteiger partial charge in [0.1, 0.15) is 13.2 Å². The first-order chi connectivity index (χ1) is 11.5. The molecule has 2 N–H and O–H groups in total. The molecule has 1 atom stereocenters. The molecule has 2 rings (SSSR count). The fourth-order valence-electron chi connectivity index (χ4n) is 2.11. The molecular formula is C18H19BrN2O3. The molecule has 0 aliphatic rings. The van der Waals surface area contributed by atoms with Crippen molar-refractivity contribution in [1.29, 1.82) is 0 Å². The highest BCUT2D eigenvalue weighted by atomic mass is 79.9. The van der Waals surface area contributed by atoms with Crippen molar-refractivity contribution < 1.29 is 14.3 Å². The largest absolute Gasteiger partial charge is 0.362 e. The summed E-state index contributed by atoms with van der Waals surface area (Å²) in [7, 11) is 0. The van der Waals surface area contributed by atoms with E-state index in [0.717, 1.165) is 10.0 Å². The fraction of sp³-hybridized carbons (Fsp3) is 0.222. The number of halogens is 1. The molecule has 0 saturated carbocycles. The van der Waals surface area contributed by atoms with Gasteiger partial charge in [0.15, 0.2) is 0 Å². The Labute approximate surface area is 149 Å². The van der Waals surface area contributed by atoms with Gasteiger partial charge in [0.2, 0.25) is 11.8 Å². The zero-order valence-corrected chi connectivity index (χ0v) is 14.9. The van der Waals surface area contributed by atoms with Crippen molar-refractivity contribution in [2.45, 2.75) is 13.0 Å². The van der Waals surface area contributed by atoms with Gasteiger partial charge in [0, 0.05) is 10.2 Å². The highest BCUT2D eigenvalue weighted by Crippen LogP contribution is 2.15. The van der Waals surface area contributed by atoms with Gasteiger partial charge in [0.25, 0.3) is 0 Å². The fourth-order valence-corrected chi connectivity index (χ4v) is 2.51. The van der Waals surface area contributed by atoms with Gasteiger partial charge in [-0.15, -0.1) is 0 Å². The minimum absolute atomic E-state index is 0.113. The number of rotatable bonds is 7. The van der Waals surface area contributed by atoms with E-state index in [4.69, 9.17) is 4.74 Å². The van der Waals surface area contributed by atoms with Crippen LogP contribution in [0.1, 0.15) is 18.5 Å². The first-order valence-electron chi connectivity index (χ1n) is 7.52. The predicted octanol–water partition coefficient (Wildman–Crippen LogP) is 3.28. The number of hydrogen-bond donors (Lipinski definition) is 2. The Morgan fingerprint density at radius 2 is 1.75 bits per heavy atom. The Morgan fingerprint density at radius 1 is 1.04 bits per heavy atom. The summed E-state index contributed by atoms with van der Waals surface area (Å²) in [5.74, 6) is -0.571. The predicted molar refractivity (Wildman–Crippen MR) is 96.6 cm³/mol. The van der Waals surface area contributed by atoms with Crippen LogP contribution in [-0.2, 0) is 14.3 Å². The molecule has 0 aromatic heterocycles. The van der Waals surface area contributed by atoms with Gasteiger partial charge in [-0.05, 0) is 30.7 Å². The quantitative estimate of drug-likeness (QED) is 0.761. The number of anilines is 1. The number of nitrogens with one attached hydrogen (secondary N) is 2. The summed E-state index contributed by atoms with van der Waals surface area (Å²) in [6.45, 7) is 1.55. The van der Waals surface area contributed by atoms with E-state index in [1.165, 1.54) is 0 Å². The monoisotopic (exact) mass is 390 g/mol. The lowest BCUT2D eigenvalue weighted by Gasteiger charge is -2.14. The van der Waals surface area contributed by atoms with Crippen molar-refractivity contribution in [2.24, 2.45) is 0 Å². The van der Waals surface area contributed by atoms with Gasteiger partial charge in [-0.3, -0.25) is 9.59 Å². The second-order valence-electron chi connectivity index (χ2n) is 5.25. The Bertz CT molecular complexity index is 692. The summed E-state index contributed by atoms with van der Waals surface area (Å²) in [5, 5.41) is 5.52. The third-order valence-electron chi connectivity index (χ3n) is 3.25. The molecule has 0 aliphatic carbocycles. The Balaban J connectivity index is 1.69. The molecule has 126 valence electrons. The molecule has 0 unspecified atom stereocenters. The third kappa shape index (κ3) is 6.14. The van der Waals surface area contributed by atoms with Gasteiger partial charge in [0.05, 0.1) is 6.04 Å². The maximum absolute atomic E-state index is 11.8. The highest BCUT2D eigenvalue weighted by molar-refractivity contribution is 9.10. The Morgan fingerprint density at radius 3 is 2.46 bits per heavy atom. The summed E-state index contributed by atoms with van der Waals surface area (Å²) >= 11 is 3.33. The number of carbonyl (C=O) groups excluding carboxylic acids is 2. The lowest BCUT2D eigenvalue weighted by molar-refractivity contribution is -0.129. The lowest BCUT2D eigenvalue weighted by atomic mass is 10.1. The molecule has 0 radical (unpaired) electrons. The van der Waals surface area contributed by atoms with E-state index in [1.807, 2.05) is 49.4 Å². The van der Waals surface area contributed by atoms with E-state index in [2.05, 4.69) is 26.6 Å². The molecule has 24 heavy (non-hydrogen) atoms. The third-order valence-corrected chi connectivity index (χ3v) is 3.75. The SMILES string of the molecule is C[C@@H](NC(=O)COCC(=O)Nc1cccc(Br)c1)c1ccccc1. The molecule has 0 saturated heterocycles. The van der Waals surface area contributed by atoms with Crippen molar-refractivity contribution >= 4 is 33.4 Å². The van der Waals surface area contributed by atoms with Crippen LogP contribution in [0.15, 0.2) is 59.1 Å². The second-order valence-corrected chi connectivity index (χ2v) is 6.17. The first-order valence-corrected chi connectivity index (χ1v) is 8.31. The minimum atomic E-state index is -0.308. The molecule has 0 heterocycles. The van der Waals surface area contributed by atoms with Crippen molar-refractivity contribution in [2.75, 3.05) is 18.5 Å². The van der Waals surface area contributed by atoms with Crippen LogP contribution in [0.5, 0.6) is 0 Å². The van der Waals surface area contributed by atoms with Gasteiger partial charge < -0.3 is 15.4 Å². The number of ether oxygens (including phenoxy) is 1. The van der Waals surface area contributed by atoms with Gasteiger partial charge >= 0.3 is 0 Å². The summed E-state index contributed by atoms with van der Waals surface area (Å²) in [6, 6.07) is 16.8. The average Bonchev–Trinajstić information content (AvgIpc) is 2.55. The molecular weight excluding hydrogens is 372 g/mol. The van der Waals surface area contributed by atoms with Gasteiger partial charge in [-0.25, -0.2) is 0 Å². The van der Waals surface area contributed by atoms with Crippen LogP contribution in [0, 0.1) is 0 Å². The standard InChI is InChI=1S/C18H19BrN2O3/c1-13(14-6-3-2-4-7-14)20-17(22)11-24-12-18(23)21-16-9-5-8-15(19)10-16/h2-10,13H,11-12H2,1H3,(H,20,22)(H,21,23)/t13-/m1/s1. The van der Waals surface area contributed by atoms with Crippen LogP contribution in [0.25, 0.3) is 0 Å². The van der Waals surface area contributed by atoms with E-state index in [0.29, 0.717) is 5.69 Å². The normalized spacial score (nSPS) is 11.6. The zero-order valence-electron chi connectivity index (χ0n) is 13.3. The molecule has 2 aromatic carbocycles. The highest BCUT2D eigenvalue weighted by Gasteiger charge is 2.10. The molecule has 0 fully saturated rings. The van der Waals surface area contributed by atoms with Gasteiger partial charge in [-0.2, -0.15) is 0 Å². The molecule has 2 amide bonds. The Hall–Kier alpha value is -2.18. The first kappa shape index (κ1) is 18.2. The van der Waals surface area contributed by atoms with Crippen molar-refractivity contribution in [1.82, 2.24) is 5.32 Å². The molecule has 0 spiro atoms. The maximum Gasteiger partial charge on any atom is 0.250 e. The average molecular weight is 391 g/mol. The second kappa shape index (κ2) is 9.20. The molecule has 2 aromatic rings. The number of benzene rings is 2. The van der Waals surface area contributed by atoms with E-state index in [1.54, 1.807) is 12.1 Å². The molecule has 0 bridgehead atoms. The molecule has 6 heteroatoms. The Kier molecular flexibility index (Phi) is 6.96. The summed E-state index contributed by atoms with van der Waals surface area (Å²) < 4.78 is 6.03.